The minimum Gasteiger partial charge on any atom is -0.444 e. The Hall–Kier alpha value is -1.60. The minimum atomic E-state index is -0.650. The lowest BCUT2D eigenvalue weighted by Crippen LogP contribution is -2.49. The number of aromatic nitrogens is 2. The Morgan fingerprint density at radius 2 is 2.27 bits per heavy atom. The molecule has 0 saturated carbocycles. The first-order valence-corrected chi connectivity index (χ1v) is 7.43. The van der Waals surface area contributed by atoms with Gasteiger partial charge in [0.05, 0.1) is 19.2 Å². The lowest BCUT2D eigenvalue weighted by molar-refractivity contribution is -0.142. The van der Waals surface area contributed by atoms with Gasteiger partial charge >= 0.3 is 6.09 Å². The summed E-state index contributed by atoms with van der Waals surface area (Å²) in [6.45, 7) is 10.1. The molecule has 2 atom stereocenters. The molecule has 1 amide bonds. The molecule has 2 heterocycles. The minimum absolute atomic E-state index is 0.258. The average molecular weight is 311 g/mol. The molecule has 1 aromatic heterocycles. The standard InChI is InChI=1S/C15H25N3O4/c1-14(2,3)22-13(19)17-11(9-18-8-6-7-16-18)12-10-20-15(4,5)21-12/h6-8,11-12H,9-10H2,1-5H3,(H,17,19)/t11-,12-/m1/s1. The van der Waals surface area contributed by atoms with E-state index < -0.39 is 17.5 Å². The predicted octanol–water partition coefficient (Wildman–Crippen LogP) is 1.93. The van der Waals surface area contributed by atoms with E-state index >= 15 is 0 Å². The van der Waals surface area contributed by atoms with Crippen molar-refractivity contribution in [2.24, 2.45) is 0 Å². The largest absolute Gasteiger partial charge is 0.444 e. The average Bonchev–Trinajstić information content (AvgIpc) is 2.95. The maximum atomic E-state index is 12.1. The van der Waals surface area contributed by atoms with Gasteiger partial charge in [0.2, 0.25) is 0 Å². The number of amides is 1. The Morgan fingerprint density at radius 1 is 1.55 bits per heavy atom. The molecular weight excluding hydrogens is 286 g/mol. The first-order valence-electron chi connectivity index (χ1n) is 7.43. The van der Waals surface area contributed by atoms with Crippen LogP contribution < -0.4 is 5.32 Å². The van der Waals surface area contributed by atoms with Crippen molar-refractivity contribution < 1.29 is 19.0 Å². The van der Waals surface area contributed by atoms with Crippen LogP contribution in [0.1, 0.15) is 34.6 Å². The number of hydrogen-bond donors (Lipinski definition) is 1. The van der Waals surface area contributed by atoms with Gasteiger partial charge in [0.15, 0.2) is 5.79 Å². The molecule has 0 radical (unpaired) electrons. The Labute approximate surface area is 130 Å². The summed E-state index contributed by atoms with van der Waals surface area (Å²) in [6, 6.07) is 1.54. The number of nitrogens with one attached hydrogen (secondary N) is 1. The normalized spacial score (nSPS) is 22.3. The van der Waals surface area contributed by atoms with Crippen molar-refractivity contribution in [1.29, 1.82) is 0 Å². The van der Waals surface area contributed by atoms with E-state index in [1.165, 1.54) is 0 Å². The van der Waals surface area contributed by atoms with Crippen LogP contribution >= 0.6 is 0 Å². The van der Waals surface area contributed by atoms with Crippen molar-refractivity contribution in [1.82, 2.24) is 15.1 Å². The molecule has 2 rings (SSSR count). The Morgan fingerprint density at radius 3 is 2.77 bits per heavy atom. The molecule has 1 N–H and O–H groups in total. The van der Waals surface area contributed by atoms with Gasteiger partial charge in [0, 0.05) is 12.4 Å². The second-order valence-electron chi connectivity index (χ2n) is 6.85. The maximum Gasteiger partial charge on any atom is 0.408 e. The summed E-state index contributed by atoms with van der Waals surface area (Å²) in [4.78, 5) is 12.1. The third kappa shape index (κ3) is 4.99. The lowest BCUT2D eigenvalue weighted by Gasteiger charge is -2.27. The van der Waals surface area contributed by atoms with Crippen LogP contribution in [0, 0.1) is 0 Å². The molecule has 124 valence electrons. The van der Waals surface area contributed by atoms with E-state index in [2.05, 4.69) is 10.4 Å². The number of hydrogen-bond acceptors (Lipinski definition) is 5. The van der Waals surface area contributed by atoms with Crippen molar-refractivity contribution >= 4 is 6.09 Å². The molecule has 0 unspecified atom stereocenters. The quantitative estimate of drug-likeness (QED) is 0.919. The van der Waals surface area contributed by atoms with E-state index in [1.807, 2.05) is 46.9 Å². The fraction of sp³-hybridized carbons (Fsp3) is 0.733. The maximum absolute atomic E-state index is 12.1. The third-order valence-corrected chi connectivity index (χ3v) is 3.12. The SMILES string of the molecule is CC(C)(C)OC(=O)N[C@H](Cn1cccn1)[C@H]1COC(C)(C)O1. The summed E-state index contributed by atoms with van der Waals surface area (Å²) >= 11 is 0. The van der Waals surface area contributed by atoms with Crippen LogP contribution in [-0.4, -0.2) is 46.0 Å². The van der Waals surface area contributed by atoms with E-state index in [-0.39, 0.29) is 12.1 Å². The molecule has 0 aromatic carbocycles. The monoisotopic (exact) mass is 311 g/mol. The van der Waals surface area contributed by atoms with Gasteiger partial charge in [-0.25, -0.2) is 4.79 Å². The lowest BCUT2D eigenvalue weighted by atomic mass is 10.1. The predicted molar refractivity (Wildman–Crippen MR) is 80.3 cm³/mol. The number of rotatable bonds is 4. The fourth-order valence-electron chi connectivity index (χ4n) is 2.24. The summed E-state index contributed by atoms with van der Waals surface area (Å²) in [5.74, 6) is -0.650. The summed E-state index contributed by atoms with van der Waals surface area (Å²) in [6.07, 6.45) is 2.80. The van der Waals surface area contributed by atoms with Gasteiger partial charge in [-0.3, -0.25) is 4.68 Å². The van der Waals surface area contributed by atoms with E-state index in [0.29, 0.717) is 13.2 Å². The van der Waals surface area contributed by atoms with Crippen LogP contribution in [-0.2, 0) is 20.8 Å². The van der Waals surface area contributed by atoms with Crippen LogP contribution in [0.2, 0.25) is 0 Å². The van der Waals surface area contributed by atoms with E-state index in [9.17, 15) is 4.79 Å². The van der Waals surface area contributed by atoms with Crippen LogP contribution in [0.25, 0.3) is 0 Å². The number of carbonyl (C=O) groups is 1. The third-order valence-electron chi connectivity index (χ3n) is 3.12. The van der Waals surface area contributed by atoms with Gasteiger partial charge in [0.25, 0.3) is 0 Å². The molecule has 0 bridgehead atoms. The Kier molecular flexibility index (Phi) is 4.77. The van der Waals surface area contributed by atoms with Crippen molar-refractivity contribution in [3.63, 3.8) is 0 Å². The van der Waals surface area contributed by atoms with Gasteiger partial charge < -0.3 is 19.5 Å². The molecule has 1 aliphatic rings. The van der Waals surface area contributed by atoms with Crippen LogP contribution in [0.3, 0.4) is 0 Å². The molecular formula is C15H25N3O4. The zero-order valence-electron chi connectivity index (χ0n) is 13.8. The van der Waals surface area contributed by atoms with Crippen molar-refractivity contribution in [3.05, 3.63) is 18.5 Å². The summed E-state index contributed by atoms with van der Waals surface area (Å²) in [7, 11) is 0. The van der Waals surface area contributed by atoms with E-state index in [0.717, 1.165) is 0 Å². The molecule has 1 aromatic rings. The van der Waals surface area contributed by atoms with Gasteiger partial charge in [-0.15, -0.1) is 0 Å². The topological polar surface area (TPSA) is 74.6 Å². The molecule has 0 aliphatic carbocycles. The van der Waals surface area contributed by atoms with Gasteiger partial charge in [-0.1, -0.05) is 0 Å². The Balaban J connectivity index is 2.03. The van der Waals surface area contributed by atoms with Crippen molar-refractivity contribution in [2.75, 3.05) is 6.61 Å². The second kappa shape index (κ2) is 6.26. The molecule has 1 fully saturated rings. The van der Waals surface area contributed by atoms with Gasteiger partial charge in [-0.2, -0.15) is 5.10 Å². The summed E-state index contributed by atoms with van der Waals surface area (Å²) in [5.41, 5.74) is -0.549. The highest BCUT2D eigenvalue weighted by molar-refractivity contribution is 5.68. The zero-order valence-corrected chi connectivity index (χ0v) is 13.8. The van der Waals surface area contributed by atoms with Crippen LogP contribution in [0.4, 0.5) is 4.79 Å². The molecule has 1 aliphatic heterocycles. The molecule has 7 nitrogen and oxygen atoms in total. The summed E-state index contributed by atoms with van der Waals surface area (Å²) in [5, 5.41) is 7.04. The number of nitrogens with zero attached hydrogens (tertiary/aromatic N) is 2. The second-order valence-corrected chi connectivity index (χ2v) is 6.85. The van der Waals surface area contributed by atoms with Gasteiger partial charge in [0.1, 0.15) is 11.7 Å². The molecule has 0 spiro atoms. The first-order chi connectivity index (χ1) is 10.1. The number of alkyl carbamates (subject to hydrolysis) is 1. The van der Waals surface area contributed by atoms with Crippen molar-refractivity contribution in [3.8, 4) is 0 Å². The highest BCUT2D eigenvalue weighted by atomic mass is 16.7. The van der Waals surface area contributed by atoms with Crippen LogP contribution in [0.15, 0.2) is 18.5 Å². The highest BCUT2D eigenvalue weighted by Gasteiger charge is 2.38. The summed E-state index contributed by atoms with van der Waals surface area (Å²) < 4.78 is 18.5. The zero-order chi connectivity index (χ0) is 16.4. The smallest absolute Gasteiger partial charge is 0.408 e. The first kappa shape index (κ1) is 16.8. The highest BCUT2D eigenvalue weighted by Crippen LogP contribution is 2.25. The van der Waals surface area contributed by atoms with Crippen LogP contribution in [0.5, 0.6) is 0 Å². The number of carbonyl (C=O) groups excluding carboxylic acids is 1. The molecule has 1 saturated heterocycles. The van der Waals surface area contributed by atoms with E-state index in [1.54, 1.807) is 10.9 Å². The van der Waals surface area contributed by atoms with E-state index in [4.69, 9.17) is 14.2 Å². The van der Waals surface area contributed by atoms with Crippen molar-refractivity contribution in [2.45, 2.75) is 64.7 Å². The number of ether oxygens (including phenoxy) is 3. The molecule has 22 heavy (non-hydrogen) atoms. The van der Waals surface area contributed by atoms with Gasteiger partial charge in [-0.05, 0) is 40.7 Å². The molecule has 7 heteroatoms. The Bertz CT molecular complexity index is 493. The fourth-order valence-corrected chi connectivity index (χ4v) is 2.24.